The first-order valence-corrected chi connectivity index (χ1v) is 6.31. The molecule has 0 atom stereocenters. The Bertz CT molecular complexity index is 249. The van der Waals surface area contributed by atoms with Crippen LogP contribution in [0.1, 0.15) is 27.7 Å². The maximum Gasteiger partial charge on any atom is 0.321 e. The number of nitrogens with one attached hydrogen (secondary N) is 2. The first-order valence-electron chi connectivity index (χ1n) is 5.77. The van der Waals surface area contributed by atoms with Gasteiger partial charge < -0.3 is 5.32 Å². The number of hydrogen-bond donors (Lipinski definition) is 2. The number of carbonyl (C=O) groups excluding carboxylic acids is 2. The van der Waals surface area contributed by atoms with Gasteiger partial charge in [-0.3, -0.25) is 15.0 Å². The van der Waals surface area contributed by atoms with Crippen molar-refractivity contribution in [2.45, 2.75) is 39.8 Å². The van der Waals surface area contributed by atoms with Crippen LogP contribution in [0.3, 0.4) is 0 Å². The quantitative estimate of drug-likeness (QED) is 0.707. The highest BCUT2D eigenvalue weighted by atomic mass is 35.5. The van der Waals surface area contributed by atoms with Crippen molar-refractivity contribution < 1.29 is 9.59 Å². The lowest BCUT2D eigenvalue weighted by atomic mass is 10.2. The van der Waals surface area contributed by atoms with Gasteiger partial charge in [0.1, 0.15) is 5.88 Å². The van der Waals surface area contributed by atoms with Crippen molar-refractivity contribution in [1.82, 2.24) is 15.5 Å². The highest BCUT2D eigenvalue weighted by Crippen LogP contribution is 2.02. The molecule has 0 aliphatic carbocycles. The standard InChI is InChI=1S/C11H22ClN3O2/c1-8(2)15(9(3)4)6-5-13-11(17)14-10(16)7-12/h8-9H,5-7H2,1-4H3,(H2,13,14,16,17). The van der Waals surface area contributed by atoms with Gasteiger partial charge in [-0.2, -0.15) is 0 Å². The van der Waals surface area contributed by atoms with Crippen molar-refractivity contribution in [2.75, 3.05) is 19.0 Å². The highest BCUT2D eigenvalue weighted by molar-refractivity contribution is 6.28. The summed E-state index contributed by atoms with van der Waals surface area (Å²) >= 11 is 5.26. The Hall–Kier alpha value is -0.810. The maximum absolute atomic E-state index is 11.2. The number of imide groups is 1. The van der Waals surface area contributed by atoms with Gasteiger partial charge in [0.2, 0.25) is 5.91 Å². The molecule has 0 heterocycles. The molecule has 0 radical (unpaired) electrons. The molecule has 0 aliphatic rings. The molecular formula is C11H22ClN3O2. The van der Waals surface area contributed by atoms with Crippen LogP contribution < -0.4 is 10.6 Å². The summed E-state index contributed by atoms with van der Waals surface area (Å²) in [6, 6.07) is 0.344. The minimum Gasteiger partial charge on any atom is -0.337 e. The Labute approximate surface area is 108 Å². The zero-order valence-corrected chi connectivity index (χ0v) is 11.7. The second kappa shape index (κ2) is 8.31. The maximum atomic E-state index is 11.2. The summed E-state index contributed by atoms with van der Waals surface area (Å²) in [5.41, 5.74) is 0. The summed E-state index contributed by atoms with van der Waals surface area (Å²) in [6.07, 6.45) is 0. The molecule has 5 nitrogen and oxygen atoms in total. The Morgan fingerprint density at radius 3 is 2.12 bits per heavy atom. The summed E-state index contributed by atoms with van der Waals surface area (Å²) < 4.78 is 0. The first-order chi connectivity index (χ1) is 7.88. The van der Waals surface area contributed by atoms with Crippen molar-refractivity contribution >= 4 is 23.5 Å². The first kappa shape index (κ1) is 16.2. The number of halogens is 1. The van der Waals surface area contributed by atoms with Crippen molar-refractivity contribution in [3.8, 4) is 0 Å². The fourth-order valence-corrected chi connectivity index (χ4v) is 1.68. The van der Waals surface area contributed by atoms with Crippen LogP contribution in [0.5, 0.6) is 0 Å². The van der Waals surface area contributed by atoms with Gasteiger partial charge >= 0.3 is 6.03 Å². The molecule has 0 fully saturated rings. The van der Waals surface area contributed by atoms with Crippen LogP contribution in [-0.4, -0.2) is 47.9 Å². The Morgan fingerprint density at radius 2 is 1.71 bits per heavy atom. The van der Waals surface area contributed by atoms with E-state index in [1.807, 2.05) is 0 Å². The zero-order chi connectivity index (χ0) is 13.4. The predicted molar refractivity (Wildman–Crippen MR) is 69.2 cm³/mol. The van der Waals surface area contributed by atoms with E-state index in [0.29, 0.717) is 18.6 Å². The summed E-state index contributed by atoms with van der Waals surface area (Å²) in [5, 5.41) is 4.74. The summed E-state index contributed by atoms with van der Waals surface area (Å²) in [7, 11) is 0. The normalized spacial score (nSPS) is 11.1. The predicted octanol–water partition coefficient (Wildman–Crippen LogP) is 1.17. The minimum atomic E-state index is -0.497. The molecule has 0 saturated heterocycles. The molecular weight excluding hydrogens is 242 g/mol. The van der Waals surface area contributed by atoms with Gasteiger partial charge in [-0.15, -0.1) is 11.6 Å². The van der Waals surface area contributed by atoms with Crippen molar-refractivity contribution in [2.24, 2.45) is 0 Å². The second-order valence-electron chi connectivity index (χ2n) is 4.36. The lowest BCUT2D eigenvalue weighted by Crippen LogP contribution is -2.46. The highest BCUT2D eigenvalue weighted by Gasteiger charge is 2.13. The van der Waals surface area contributed by atoms with Crippen molar-refractivity contribution in [3.63, 3.8) is 0 Å². The van der Waals surface area contributed by atoms with E-state index in [9.17, 15) is 9.59 Å². The van der Waals surface area contributed by atoms with Gasteiger partial charge in [-0.25, -0.2) is 4.79 Å². The van der Waals surface area contributed by atoms with Crippen LogP contribution in [0.15, 0.2) is 0 Å². The van der Waals surface area contributed by atoms with Gasteiger partial charge in [0.05, 0.1) is 0 Å². The largest absolute Gasteiger partial charge is 0.337 e. The van der Waals surface area contributed by atoms with E-state index < -0.39 is 11.9 Å². The average Bonchev–Trinajstić information content (AvgIpc) is 2.22. The van der Waals surface area contributed by atoms with Crippen LogP contribution in [0, 0.1) is 0 Å². The van der Waals surface area contributed by atoms with Crippen molar-refractivity contribution in [3.05, 3.63) is 0 Å². The molecule has 3 amide bonds. The number of alkyl halides is 1. The van der Waals surface area contributed by atoms with Crippen LogP contribution in [0.2, 0.25) is 0 Å². The van der Waals surface area contributed by atoms with Gasteiger partial charge in [0.15, 0.2) is 0 Å². The fourth-order valence-electron chi connectivity index (χ4n) is 1.62. The van der Waals surface area contributed by atoms with Crippen LogP contribution >= 0.6 is 11.6 Å². The van der Waals surface area contributed by atoms with E-state index in [1.54, 1.807) is 0 Å². The topological polar surface area (TPSA) is 61.4 Å². The van der Waals surface area contributed by atoms with Crippen LogP contribution in [-0.2, 0) is 4.79 Å². The van der Waals surface area contributed by atoms with E-state index in [4.69, 9.17) is 11.6 Å². The lowest BCUT2D eigenvalue weighted by molar-refractivity contribution is -0.117. The lowest BCUT2D eigenvalue weighted by Gasteiger charge is -2.30. The molecule has 0 saturated carbocycles. The Morgan fingerprint density at radius 1 is 1.18 bits per heavy atom. The minimum absolute atomic E-state index is 0.211. The molecule has 0 rings (SSSR count). The number of hydrogen-bond acceptors (Lipinski definition) is 3. The molecule has 0 bridgehead atoms. The number of rotatable bonds is 6. The smallest absolute Gasteiger partial charge is 0.321 e. The average molecular weight is 264 g/mol. The molecule has 0 aromatic carbocycles. The van der Waals surface area contributed by atoms with E-state index >= 15 is 0 Å². The molecule has 0 aliphatic heterocycles. The van der Waals surface area contributed by atoms with Gasteiger partial charge in [-0.05, 0) is 27.7 Å². The molecule has 0 unspecified atom stereocenters. The Balaban J connectivity index is 3.89. The van der Waals surface area contributed by atoms with Crippen molar-refractivity contribution in [1.29, 1.82) is 0 Å². The van der Waals surface area contributed by atoms with Crippen LogP contribution in [0.4, 0.5) is 4.79 Å². The van der Waals surface area contributed by atoms with E-state index in [1.165, 1.54) is 0 Å². The van der Waals surface area contributed by atoms with E-state index in [-0.39, 0.29) is 5.88 Å². The summed E-state index contributed by atoms with van der Waals surface area (Å²) in [5.74, 6) is -0.703. The Kier molecular flexibility index (Phi) is 7.91. The summed E-state index contributed by atoms with van der Waals surface area (Å²) in [6.45, 7) is 9.68. The molecule has 6 heteroatoms. The third-order valence-corrected chi connectivity index (χ3v) is 2.60. The monoisotopic (exact) mass is 263 g/mol. The number of carbonyl (C=O) groups is 2. The molecule has 0 aromatic rings. The number of urea groups is 1. The summed E-state index contributed by atoms with van der Waals surface area (Å²) in [4.78, 5) is 24.3. The second-order valence-corrected chi connectivity index (χ2v) is 4.63. The fraction of sp³-hybridized carbons (Fsp3) is 0.818. The third kappa shape index (κ3) is 7.18. The molecule has 100 valence electrons. The van der Waals surface area contributed by atoms with Gasteiger partial charge in [-0.1, -0.05) is 0 Å². The molecule has 0 aromatic heterocycles. The third-order valence-electron chi connectivity index (χ3n) is 2.36. The molecule has 17 heavy (non-hydrogen) atoms. The number of amides is 3. The zero-order valence-electron chi connectivity index (χ0n) is 10.9. The molecule has 0 spiro atoms. The van der Waals surface area contributed by atoms with Gasteiger partial charge in [0.25, 0.3) is 0 Å². The van der Waals surface area contributed by atoms with Crippen LogP contribution in [0.25, 0.3) is 0 Å². The van der Waals surface area contributed by atoms with E-state index in [0.717, 1.165) is 6.54 Å². The SMILES string of the molecule is CC(C)N(CCNC(=O)NC(=O)CCl)C(C)C. The van der Waals surface area contributed by atoms with Gasteiger partial charge in [0, 0.05) is 25.2 Å². The molecule has 2 N–H and O–H groups in total. The number of nitrogens with zero attached hydrogens (tertiary/aromatic N) is 1. The van der Waals surface area contributed by atoms with E-state index in [2.05, 4.69) is 43.2 Å².